The first kappa shape index (κ1) is 13.1. The molecule has 0 aliphatic rings. The van der Waals surface area contributed by atoms with E-state index < -0.39 is 0 Å². The molecule has 1 rings (SSSR count). The lowest BCUT2D eigenvalue weighted by Crippen LogP contribution is -2.02. The van der Waals surface area contributed by atoms with Gasteiger partial charge in [0.1, 0.15) is 0 Å². The van der Waals surface area contributed by atoms with E-state index in [4.69, 9.17) is 0 Å². The molecule has 0 aliphatic carbocycles. The molecule has 0 aromatic heterocycles. The Morgan fingerprint density at radius 2 is 1.75 bits per heavy atom. The highest BCUT2D eigenvalue weighted by molar-refractivity contribution is 5.51. The van der Waals surface area contributed by atoms with Crippen molar-refractivity contribution in [2.24, 2.45) is 0 Å². The standard InChI is InChI=1S/C15H25N/c1-4-5-6-7-8-11-16-15-10-9-13(2)12-14(15)3/h9-10,12,16H,4-8,11H2,1-3H3. The quantitative estimate of drug-likeness (QED) is 0.656. The van der Waals surface area contributed by atoms with Crippen LogP contribution in [-0.2, 0) is 0 Å². The predicted molar refractivity (Wildman–Crippen MR) is 73.2 cm³/mol. The molecule has 0 heterocycles. The second kappa shape index (κ2) is 7.32. The lowest BCUT2D eigenvalue weighted by atomic mass is 10.1. The largest absolute Gasteiger partial charge is 0.385 e. The normalized spacial score (nSPS) is 10.4. The summed E-state index contributed by atoms with van der Waals surface area (Å²) in [4.78, 5) is 0. The first-order chi connectivity index (χ1) is 7.74. The number of unbranched alkanes of at least 4 members (excludes halogenated alkanes) is 4. The number of aryl methyl sites for hydroxylation is 2. The summed E-state index contributed by atoms with van der Waals surface area (Å²) in [6.45, 7) is 7.68. The van der Waals surface area contributed by atoms with Crippen molar-refractivity contribution in [1.82, 2.24) is 0 Å². The van der Waals surface area contributed by atoms with Gasteiger partial charge in [-0.25, -0.2) is 0 Å². The van der Waals surface area contributed by atoms with Crippen molar-refractivity contribution in [1.29, 1.82) is 0 Å². The maximum absolute atomic E-state index is 3.52. The molecule has 1 aromatic carbocycles. The third-order valence-electron chi connectivity index (χ3n) is 2.98. The van der Waals surface area contributed by atoms with Gasteiger partial charge in [0.15, 0.2) is 0 Å². The molecule has 0 spiro atoms. The maximum Gasteiger partial charge on any atom is 0.0370 e. The lowest BCUT2D eigenvalue weighted by Gasteiger charge is -2.10. The highest BCUT2D eigenvalue weighted by atomic mass is 14.9. The van der Waals surface area contributed by atoms with Crippen molar-refractivity contribution >= 4 is 5.69 Å². The maximum atomic E-state index is 3.52. The van der Waals surface area contributed by atoms with Gasteiger partial charge < -0.3 is 5.32 Å². The van der Waals surface area contributed by atoms with E-state index in [9.17, 15) is 0 Å². The van der Waals surface area contributed by atoms with Gasteiger partial charge in [-0.3, -0.25) is 0 Å². The number of hydrogen-bond donors (Lipinski definition) is 1. The van der Waals surface area contributed by atoms with Crippen molar-refractivity contribution in [3.05, 3.63) is 29.3 Å². The number of rotatable bonds is 7. The van der Waals surface area contributed by atoms with Crippen molar-refractivity contribution in [3.63, 3.8) is 0 Å². The predicted octanol–water partition coefficient (Wildman–Crippen LogP) is 4.69. The monoisotopic (exact) mass is 219 g/mol. The summed E-state index contributed by atoms with van der Waals surface area (Å²) in [5.74, 6) is 0. The third-order valence-corrected chi connectivity index (χ3v) is 2.98. The molecule has 0 atom stereocenters. The molecule has 1 heteroatoms. The van der Waals surface area contributed by atoms with E-state index in [0.717, 1.165) is 6.54 Å². The van der Waals surface area contributed by atoms with Crippen LogP contribution in [0.15, 0.2) is 18.2 Å². The molecule has 0 saturated heterocycles. The second-order valence-corrected chi connectivity index (χ2v) is 4.66. The van der Waals surface area contributed by atoms with Crippen molar-refractivity contribution in [2.75, 3.05) is 11.9 Å². The third kappa shape index (κ3) is 4.69. The van der Waals surface area contributed by atoms with E-state index in [1.165, 1.54) is 48.9 Å². The minimum atomic E-state index is 1.10. The summed E-state index contributed by atoms with van der Waals surface area (Å²) in [5.41, 5.74) is 3.99. The van der Waals surface area contributed by atoms with Gasteiger partial charge in [0, 0.05) is 12.2 Å². The molecule has 90 valence electrons. The number of benzene rings is 1. The van der Waals surface area contributed by atoms with Crippen molar-refractivity contribution in [3.8, 4) is 0 Å². The van der Waals surface area contributed by atoms with Crippen LogP contribution in [0.1, 0.15) is 50.2 Å². The Labute approximate surface area is 100 Å². The van der Waals surface area contributed by atoms with Crippen molar-refractivity contribution in [2.45, 2.75) is 52.9 Å². The SMILES string of the molecule is CCCCCCCNc1ccc(C)cc1C. The van der Waals surface area contributed by atoms with Crippen LogP contribution in [0.5, 0.6) is 0 Å². The number of hydrogen-bond acceptors (Lipinski definition) is 1. The molecular formula is C15H25N. The van der Waals surface area contributed by atoms with Crippen LogP contribution in [-0.4, -0.2) is 6.54 Å². The minimum absolute atomic E-state index is 1.10. The van der Waals surface area contributed by atoms with Crippen molar-refractivity contribution < 1.29 is 0 Å². The van der Waals surface area contributed by atoms with Crippen LogP contribution in [0.2, 0.25) is 0 Å². The second-order valence-electron chi connectivity index (χ2n) is 4.66. The Kier molecular flexibility index (Phi) is 5.99. The van der Waals surface area contributed by atoms with Gasteiger partial charge in [-0.15, -0.1) is 0 Å². The number of anilines is 1. The molecule has 0 bridgehead atoms. The average Bonchev–Trinajstić information content (AvgIpc) is 2.26. The molecule has 0 aliphatic heterocycles. The Morgan fingerprint density at radius 3 is 2.44 bits per heavy atom. The molecular weight excluding hydrogens is 194 g/mol. The number of nitrogens with one attached hydrogen (secondary N) is 1. The Bertz CT molecular complexity index is 304. The van der Waals surface area contributed by atoms with Gasteiger partial charge >= 0.3 is 0 Å². The molecule has 0 amide bonds. The molecule has 0 saturated carbocycles. The summed E-state index contributed by atoms with van der Waals surface area (Å²) in [6, 6.07) is 6.60. The van der Waals surface area contributed by atoms with Gasteiger partial charge in [0.25, 0.3) is 0 Å². The van der Waals surface area contributed by atoms with E-state index in [-0.39, 0.29) is 0 Å². The Hall–Kier alpha value is -0.980. The fourth-order valence-corrected chi connectivity index (χ4v) is 1.96. The van der Waals surface area contributed by atoms with Crippen LogP contribution < -0.4 is 5.32 Å². The first-order valence-corrected chi connectivity index (χ1v) is 6.55. The summed E-state index contributed by atoms with van der Waals surface area (Å²) in [5, 5.41) is 3.52. The smallest absolute Gasteiger partial charge is 0.0370 e. The van der Waals surface area contributed by atoms with E-state index in [1.807, 2.05) is 0 Å². The van der Waals surface area contributed by atoms with Crippen LogP contribution in [0.4, 0.5) is 5.69 Å². The first-order valence-electron chi connectivity index (χ1n) is 6.55. The van der Waals surface area contributed by atoms with E-state index >= 15 is 0 Å². The van der Waals surface area contributed by atoms with Crippen LogP contribution in [0.3, 0.4) is 0 Å². The zero-order chi connectivity index (χ0) is 11.8. The summed E-state index contributed by atoms with van der Waals surface area (Å²) in [7, 11) is 0. The van der Waals surface area contributed by atoms with Crippen LogP contribution in [0, 0.1) is 13.8 Å². The highest BCUT2D eigenvalue weighted by Crippen LogP contribution is 2.16. The minimum Gasteiger partial charge on any atom is -0.385 e. The summed E-state index contributed by atoms with van der Waals surface area (Å²) in [6.07, 6.45) is 6.72. The summed E-state index contributed by atoms with van der Waals surface area (Å²) < 4.78 is 0. The van der Waals surface area contributed by atoms with E-state index in [1.54, 1.807) is 0 Å². The summed E-state index contributed by atoms with van der Waals surface area (Å²) >= 11 is 0. The van der Waals surface area contributed by atoms with Gasteiger partial charge in [-0.2, -0.15) is 0 Å². The molecule has 1 N–H and O–H groups in total. The van der Waals surface area contributed by atoms with E-state index in [2.05, 4.69) is 44.3 Å². The highest BCUT2D eigenvalue weighted by Gasteiger charge is 1.97. The van der Waals surface area contributed by atoms with Gasteiger partial charge in [-0.05, 0) is 31.9 Å². The molecule has 0 fully saturated rings. The Morgan fingerprint density at radius 1 is 1.00 bits per heavy atom. The molecule has 0 unspecified atom stereocenters. The fourth-order valence-electron chi connectivity index (χ4n) is 1.96. The lowest BCUT2D eigenvalue weighted by molar-refractivity contribution is 0.645. The Balaban J connectivity index is 2.21. The zero-order valence-corrected chi connectivity index (χ0v) is 11.0. The molecule has 16 heavy (non-hydrogen) atoms. The fraction of sp³-hybridized carbons (Fsp3) is 0.600. The topological polar surface area (TPSA) is 12.0 Å². The molecule has 1 nitrogen and oxygen atoms in total. The van der Waals surface area contributed by atoms with Gasteiger partial charge in [0.05, 0.1) is 0 Å². The zero-order valence-electron chi connectivity index (χ0n) is 11.0. The molecule has 1 aromatic rings. The average molecular weight is 219 g/mol. The molecule has 0 radical (unpaired) electrons. The van der Waals surface area contributed by atoms with Gasteiger partial charge in [0.2, 0.25) is 0 Å². The van der Waals surface area contributed by atoms with Gasteiger partial charge in [-0.1, -0.05) is 50.3 Å². The van der Waals surface area contributed by atoms with E-state index in [0.29, 0.717) is 0 Å². The van der Waals surface area contributed by atoms with Crippen LogP contribution in [0.25, 0.3) is 0 Å². The van der Waals surface area contributed by atoms with Crippen LogP contribution >= 0.6 is 0 Å².